The van der Waals surface area contributed by atoms with Crippen molar-refractivity contribution < 1.29 is 17.6 Å². The second-order valence-corrected chi connectivity index (χ2v) is 17.6. The molecule has 2 atom stereocenters. The van der Waals surface area contributed by atoms with Crippen LogP contribution in [0.5, 0.6) is 0 Å². The minimum atomic E-state index is -4.06. The van der Waals surface area contributed by atoms with Crippen molar-refractivity contribution in [3.05, 3.63) is 135 Å². The highest BCUT2D eigenvalue weighted by Crippen LogP contribution is 2.39. The number of nitrogens with zero attached hydrogens (tertiary/aromatic N) is 1. The van der Waals surface area contributed by atoms with E-state index >= 15 is 0 Å². The number of hydrogen-bond acceptors (Lipinski definition) is 6. The van der Waals surface area contributed by atoms with Crippen molar-refractivity contribution in [1.29, 1.82) is 0 Å². The molecule has 0 radical (unpaired) electrons. The van der Waals surface area contributed by atoms with Gasteiger partial charge in [-0.15, -0.1) is 0 Å². The normalized spacial score (nSPS) is 17.7. The van der Waals surface area contributed by atoms with Crippen molar-refractivity contribution in [2.24, 2.45) is 0 Å². The smallest absolute Gasteiger partial charge is 0.330 e. The fourth-order valence-corrected chi connectivity index (χ4v) is 11.6. The highest BCUT2D eigenvalue weighted by molar-refractivity contribution is 7.95. The van der Waals surface area contributed by atoms with E-state index in [4.69, 9.17) is 9.16 Å². The minimum Gasteiger partial charge on any atom is -0.404 e. The first-order chi connectivity index (χ1) is 19.9. The van der Waals surface area contributed by atoms with E-state index in [1.165, 1.54) is 24.4 Å². The van der Waals surface area contributed by atoms with E-state index in [9.17, 15) is 18.0 Å². The number of benzene rings is 3. The Balaban J connectivity index is 1.60. The first-order valence-electron chi connectivity index (χ1n) is 13.7. The molecule has 0 fully saturated rings. The van der Waals surface area contributed by atoms with Gasteiger partial charge in [0.25, 0.3) is 13.9 Å². The Morgan fingerprint density at radius 3 is 1.93 bits per heavy atom. The van der Waals surface area contributed by atoms with Gasteiger partial charge in [0.1, 0.15) is 6.10 Å². The largest absolute Gasteiger partial charge is 0.404 e. The molecule has 10 heteroatoms. The Bertz CT molecular complexity index is 1770. The quantitative estimate of drug-likeness (QED) is 0.309. The van der Waals surface area contributed by atoms with Crippen molar-refractivity contribution in [1.82, 2.24) is 9.55 Å². The average molecular weight is 603 g/mol. The molecule has 0 amide bonds. The molecule has 0 saturated carbocycles. The van der Waals surface area contributed by atoms with Crippen LogP contribution in [0.1, 0.15) is 32.6 Å². The highest BCUT2D eigenvalue weighted by atomic mass is 32.2. The number of aromatic amines is 1. The maximum Gasteiger partial charge on any atom is 0.330 e. The molecule has 1 aromatic heterocycles. The first kappa shape index (κ1) is 29.7. The van der Waals surface area contributed by atoms with Gasteiger partial charge in [0, 0.05) is 11.8 Å². The molecule has 2 heterocycles. The first-order valence-corrected chi connectivity index (χ1v) is 17.1. The Morgan fingerprint density at radius 2 is 1.40 bits per heavy atom. The van der Waals surface area contributed by atoms with Gasteiger partial charge in [-0.05, 0) is 40.5 Å². The van der Waals surface area contributed by atoms with E-state index in [1.807, 2.05) is 36.4 Å². The average Bonchev–Trinajstić information content (AvgIpc) is 3.41. The van der Waals surface area contributed by atoms with Gasteiger partial charge in [0.05, 0.1) is 16.4 Å². The third-order valence-corrected chi connectivity index (χ3v) is 14.4. The molecule has 4 aromatic rings. The predicted molar refractivity (Wildman–Crippen MR) is 165 cm³/mol. The van der Waals surface area contributed by atoms with Crippen LogP contribution >= 0.6 is 0 Å². The molecule has 218 valence electrons. The van der Waals surface area contributed by atoms with Crippen LogP contribution in [0.4, 0.5) is 0 Å². The van der Waals surface area contributed by atoms with Gasteiger partial charge in [0.15, 0.2) is 6.23 Å². The van der Waals surface area contributed by atoms with Gasteiger partial charge < -0.3 is 9.16 Å². The molecule has 0 spiro atoms. The lowest BCUT2D eigenvalue weighted by molar-refractivity contribution is -0.00888. The van der Waals surface area contributed by atoms with E-state index in [1.54, 1.807) is 25.1 Å². The van der Waals surface area contributed by atoms with E-state index in [0.29, 0.717) is 0 Å². The molecule has 0 saturated heterocycles. The van der Waals surface area contributed by atoms with Gasteiger partial charge in [0.2, 0.25) is 9.84 Å². The number of aryl methyl sites for hydroxylation is 1. The topological polar surface area (TPSA) is 107 Å². The Hall–Kier alpha value is -3.83. The zero-order valence-electron chi connectivity index (χ0n) is 24.0. The van der Waals surface area contributed by atoms with Gasteiger partial charge in [-0.2, -0.15) is 0 Å². The van der Waals surface area contributed by atoms with Crippen molar-refractivity contribution in [3.63, 3.8) is 0 Å². The molecule has 1 N–H and O–H groups in total. The third kappa shape index (κ3) is 5.38. The van der Waals surface area contributed by atoms with E-state index < -0.39 is 41.7 Å². The second kappa shape index (κ2) is 11.4. The van der Waals surface area contributed by atoms with Crippen LogP contribution in [0.2, 0.25) is 5.04 Å². The molecular weight excluding hydrogens is 569 g/mol. The summed E-state index contributed by atoms with van der Waals surface area (Å²) in [4.78, 5) is 27.2. The molecule has 0 unspecified atom stereocenters. The summed E-state index contributed by atoms with van der Waals surface area (Å²) in [5.74, 6) is 0. The van der Waals surface area contributed by atoms with Gasteiger partial charge in [-0.3, -0.25) is 14.3 Å². The van der Waals surface area contributed by atoms with Crippen LogP contribution in [-0.2, 0) is 19.0 Å². The fourth-order valence-electron chi connectivity index (χ4n) is 5.51. The maximum atomic E-state index is 13.9. The van der Waals surface area contributed by atoms with Gasteiger partial charge in [-0.1, -0.05) is 99.6 Å². The monoisotopic (exact) mass is 602 g/mol. The van der Waals surface area contributed by atoms with Crippen LogP contribution in [-0.4, -0.2) is 39.0 Å². The van der Waals surface area contributed by atoms with Crippen LogP contribution in [0.25, 0.3) is 0 Å². The third-order valence-electron chi connectivity index (χ3n) is 7.54. The summed E-state index contributed by atoms with van der Waals surface area (Å²) in [6.07, 6.45) is 0.777. The summed E-state index contributed by atoms with van der Waals surface area (Å²) in [7, 11) is -7.01. The summed E-state index contributed by atoms with van der Waals surface area (Å²) in [6.45, 7) is 8.06. The number of ether oxygens (including phenoxy) is 1. The molecule has 5 rings (SSSR count). The number of nitrogens with one attached hydrogen (secondary N) is 1. The zero-order valence-corrected chi connectivity index (χ0v) is 25.8. The summed E-state index contributed by atoms with van der Waals surface area (Å²) < 4.78 is 42.1. The number of hydrogen-bond donors (Lipinski definition) is 1. The van der Waals surface area contributed by atoms with E-state index in [0.717, 1.165) is 14.9 Å². The number of sulfone groups is 1. The lowest BCUT2D eigenvalue weighted by atomic mass is 10.2. The number of aromatic nitrogens is 2. The molecule has 0 aliphatic carbocycles. The zero-order chi connectivity index (χ0) is 30.1. The summed E-state index contributed by atoms with van der Waals surface area (Å²) in [5.41, 5.74) is -1.06. The maximum absolute atomic E-state index is 13.9. The Kier molecular flexibility index (Phi) is 8.08. The Morgan fingerprint density at radius 1 is 0.881 bits per heavy atom. The SMILES string of the molecule is Cc1cn([C@@H]2O[C@H](CO[Si](c3ccccc3)(c3ccccc3)C(C)(C)C)C=C2S(=O)(=O)c2ccccc2)c(=O)[nH]c1=O. The van der Waals surface area contributed by atoms with Crippen molar-refractivity contribution in [3.8, 4) is 0 Å². The van der Waals surface area contributed by atoms with Crippen LogP contribution < -0.4 is 21.6 Å². The molecular formula is C32H34N2O6SSi. The highest BCUT2D eigenvalue weighted by Gasteiger charge is 2.51. The van der Waals surface area contributed by atoms with Gasteiger partial charge >= 0.3 is 5.69 Å². The molecule has 42 heavy (non-hydrogen) atoms. The van der Waals surface area contributed by atoms with Crippen LogP contribution in [0.3, 0.4) is 0 Å². The molecule has 3 aromatic carbocycles. The molecule has 1 aliphatic rings. The standard InChI is InChI=1S/C32H34N2O6SSi/c1-23-21-34(31(36)33-29(23)35)30-28(41(37,38)25-14-8-5-9-15-25)20-24(40-30)22-39-42(32(2,3)4,26-16-10-6-11-17-26)27-18-12-7-13-19-27/h5-21,24,30H,22H2,1-4H3,(H,33,35,36)/t24-,30+/m0/s1. The van der Waals surface area contributed by atoms with Crippen LogP contribution in [0.15, 0.2) is 123 Å². The lowest BCUT2D eigenvalue weighted by Gasteiger charge is -2.43. The summed E-state index contributed by atoms with van der Waals surface area (Å²) in [6, 6.07) is 28.2. The minimum absolute atomic E-state index is 0.0503. The van der Waals surface area contributed by atoms with Crippen molar-refractivity contribution in [2.75, 3.05) is 6.61 Å². The van der Waals surface area contributed by atoms with Crippen LogP contribution in [0, 0.1) is 6.92 Å². The van der Waals surface area contributed by atoms with Crippen molar-refractivity contribution >= 4 is 28.5 Å². The summed E-state index contributed by atoms with van der Waals surface area (Å²) in [5, 5.41) is 1.85. The molecule has 0 bridgehead atoms. The summed E-state index contributed by atoms with van der Waals surface area (Å²) >= 11 is 0. The Labute approximate surface area is 246 Å². The second-order valence-electron chi connectivity index (χ2n) is 11.4. The van der Waals surface area contributed by atoms with E-state index in [2.05, 4.69) is 50.0 Å². The number of rotatable bonds is 8. The fraction of sp³-hybridized carbons (Fsp3) is 0.250. The van der Waals surface area contributed by atoms with E-state index in [-0.39, 0.29) is 27.0 Å². The number of H-pyrrole nitrogens is 1. The lowest BCUT2D eigenvalue weighted by Crippen LogP contribution is -2.67. The molecule has 1 aliphatic heterocycles. The predicted octanol–water partition coefficient (Wildman–Crippen LogP) is 3.68. The van der Waals surface area contributed by atoms with Gasteiger partial charge in [-0.25, -0.2) is 13.2 Å². The van der Waals surface area contributed by atoms with Crippen molar-refractivity contribution in [2.45, 2.75) is 50.0 Å². The molecule has 8 nitrogen and oxygen atoms in total.